The second-order valence-electron chi connectivity index (χ2n) is 6.06. The Bertz CT molecular complexity index is 885. The van der Waals surface area contributed by atoms with E-state index in [4.69, 9.17) is 0 Å². The minimum absolute atomic E-state index is 0.00371. The van der Waals surface area contributed by atoms with Crippen molar-refractivity contribution in [3.63, 3.8) is 0 Å². The summed E-state index contributed by atoms with van der Waals surface area (Å²) in [7, 11) is 0. The van der Waals surface area contributed by atoms with Crippen molar-refractivity contribution in [3.05, 3.63) is 47.8 Å². The van der Waals surface area contributed by atoms with Gasteiger partial charge < -0.3 is 5.32 Å². The lowest BCUT2D eigenvalue weighted by molar-refractivity contribution is -0.140. The van der Waals surface area contributed by atoms with Crippen LogP contribution in [0.4, 0.5) is 19.0 Å². The molecule has 7 heteroatoms. The molecule has 4 nitrogen and oxygen atoms in total. The average molecular weight is 348 g/mol. The van der Waals surface area contributed by atoms with E-state index in [2.05, 4.69) is 15.4 Å². The number of fused-ring (bicyclic) bond motifs is 1. The monoisotopic (exact) mass is 348 g/mol. The van der Waals surface area contributed by atoms with E-state index < -0.39 is 11.9 Å². The fourth-order valence-corrected chi connectivity index (χ4v) is 2.67. The Morgan fingerprint density at radius 2 is 1.88 bits per heavy atom. The van der Waals surface area contributed by atoms with Crippen LogP contribution in [0, 0.1) is 6.92 Å². The lowest BCUT2D eigenvalue weighted by Gasteiger charge is -2.14. The molecule has 0 bridgehead atoms. The van der Waals surface area contributed by atoms with Crippen LogP contribution in [0.15, 0.2) is 36.4 Å². The molecular formula is C18H19F3N4. The molecule has 25 heavy (non-hydrogen) atoms. The SMILES string of the molecule is CC[C@@H](C)Nc1cc(C)nc2c(-c3ccccc3)c(C(F)(F)F)nn12. The molecule has 0 radical (unpaired) electrons. The number of aryl methyl sites for hydroxylation is 1. The largest absolute Gasteiger partial charge is 0.435 e. The van der Waals surface area contributed by atoms with E-state index in [-0.39, 0.29) is 17.3 Å². The number of hydrogen-bond acceptors (Lipinski definition) is 3. The summed E-state index contributed by atoms with van der Waals surface area (Å²) in [5.41, 5.74) is 0.346. The average Bonchev–Trinajstić information content (AvgIpc) is 2.95. The van der Waals surface area contributed by atoms with E-state index in [1.807, 2.05) is 13.8 Å². The molecule has 2 aromatic heterocycles. The summed E-state index contributed by atoms with van der Waals surface area (Å²) in [6, 6.07) is 10.2. The standard InChI is InChI=1S/C18H19F3N4/c1-4-11(2)22-14-10-12(3)23-17-15(13-8-6-5-7-9-13)16(18(19,20)21)24-25(14)17/h5-11,22H,4H2,1-3H3/t11-/m1/s1. The van der Waals surface area contributed by atoms with Crippen LogP contribution in [-0.4, -0.2) is 20.6 Å². The summed E-state index contributed by atoms with van der Waals surface area (Å²) in [6.07, 6.45) is -3.73. The highest BCUT2D eigenvalue weighted by Crippen LogP contribution is 2.39. The first-order valence-electron chi connectivity index (χ1n) is 8.10. The smallest absolute Gasteiger partial charge is 0.367 e. The van der Waals surface area contributed by atoms with Gasteiger partial charge in [0.1, 0.15) is 5.82 Å². The van der Waals surface area contributed by atoms with Crippen molar-refractivity contribution < 1.29 is 13.2 Å². The van der Waals surface area contributed by atoms with Crippen LogP contribution in [0.5, 0.6) is 0 Å². The molecule has 1 atom stereocenters. The van der Waals surface area contributed by atoms with Gasteiger partial charge in [0.2, 0.25) is 0 Å². The van der Waals surface area contributed by atoms with Gasteiger partial charge in [-0.15, -0.1) is 0 Å². The summed E-state index contributed by atoms with van der Waals surface area (Å²) in [5.74, 6) is 0.504. The zero-order chi connectivity index (χ0) is 18.2. The number of nitrogens with zero attached hydrogens (tertiary/aromatic N) is 3. The van der Waals surface area contributed by atoms with Crippen molar-refractivity contribution in [1.82, 2.24) is 14.6 Å². The Labute approximate surface area is 143 Å². The molecule has 0 aliphatic rings. The third-order valence-corrected chi connectivity index (χ3v) is 4.05. The first-order valence-corrected chi connectivity index (χ1v) is 8.10. The molecular weight excluding hydrogens is 329 g/mol. The maximum absolute atomic E-state index is 13.6. The number of benzene rings is 1. The van der Waals surface area contributed by atoms with Crippen molar-refractivity contribution in [2.24, 2.45) is 0 Å². The molecule has 0 saturated carbocycles. The van der Waals surface area contributed by atoms with E-state index in [0.29, 0.717) is 17.1 Å². The highest BCUT2D eigenvalue weighted by Gasteiger charge is 2.39. The van der Waals surface area contributed by atoms with Crippen LogP contribution in [0.25, 0.3) is 16.8 Å². The van der Waals surface area contributed by atoms with E-state index in [9.17, 15) is 13.2 Å². The number of nitrogens with one attached hydrogen (secondary N) is 1. The van der Waals surface area contributed by atoms with Crippen LogP contribution < -0.4 is 5.32 Å². The van der Waals surface area contributed by atoms with Crippen LogP contribution >= 0.6 is 0 Å². The van der Waals surface area contributed by atoms with Gasteiger partial charge in [0, 0.05) is 17.8 Å². The van der Waals surface area contributed by atoms with Crippen molar-refractivity contribution in [1.29, 1.82) is 0 Å². The maximum Gasteiger partial charge on any atom is 0.435 e. The van der Waals surface area contributed by atoms with Gasteiger partial charge >= 0.3 is 6.18 Å². The second-order valence-corrected chi connectivity index (χ2v) is 6.06. The summed E-state index contributed by atoms with van der Waals surface area (Å²) < 4.78 is 42.1. The Hall–Kier alpha value is -2.57. The Kier molecular flexibility index (Phi) is 4.41. The molecule has 0 fully saturated rings. The molecule has 0 unspecified atom stereocenters. The summed E-state index contributed by atoms with van der Waals surface area (Å²) in [4.78, 5) is 4.34. The van der Waals surface area contributed by atoms with Crippen LogP contribution in [0.1, 0.15) is 31.7 Å². The number of halogens is 3. The predicted octanol–water partition coefficient (Wildman–Crippen LogP) is 4.93. The van der Waals surface area contributed by atoms with E-state index in [1.54, 1.807) is 43.3 Å². The topological polar surface area (TPSA) is 42.2 Å². The fourth-order valence-electron chi connectivity index (χ4n) is 2.67. The Balaban J connectivity index is 2.33. The normalized spacial score (nSPS) is 13.2. The minimum Gasteiger partial charge on any atom is -0.367 e. The summed E-state index contributed by atoms with van der Waals surface area (Å²) >= 11 is 0. The molecule has 3 rings (SSSR count). The molecule has 0 amide bonds. The molecule has 2 heterocycles. The Morgan fingerprint density at radius 1 is 1.20 bits per heavy atom. The van der Waals surface area contributed by atoms with Crippen molar-refractivity contribution in [3.8, 4) is 11.1 Å². The van der Waals surface area contributed by atoms with Gasteiger partial charge in [0.05, 0.1) is 5.56 Å². The highest BCUT2D eigenvalue weighted by molar-refractivity contribution is 5.81. The van der Waals surface area contributed by atoms with Gasteiger partial charge in [-0.2, -0.15) is 22.8 Å². The molecule has 0 aliphatic heterocycles. The van der Waals surface area contributed by atoms with Gasteiger partial charge in [-0.1, -0.05) is 37.3 Å². The lowest BCUT2D eigenvalue weighted by Crippen LogP contribution is -2.17. The number of rotatable bonds is 4. The van der Waals surface area contributed by atoms with E-state index >= 15 is 0 Å². The van der Waals surface area contributed by atoms with Gasteiger partial charge in [-0.3, -0.25) is 0 Å². The molecule has 0 aliphatic carbocycles. The third kappa shape index (κ3) is 3.31. The summed E-state index contributed by atoms with van der Waals surface area (Å²) in [6.45, 7) is 5.73. The van der Waals surface area contributed by atoms with Crippen molar-refractivity contribution in [2.75, 3.05) is 5.32 Å². The number of anilines is 1. The minimum atomic E-state index is -4.57. The molecule has 132 valence electrons. The third-order valence-electron chi connectivity index (χ3n) is 4.05. The fraction of sp³-hybridized carbons (Fsp3) is 0.333. The second kappa shape index (κ2) is 6.38. The number of alkyl halides is 3. The molecule has 3 aromatic rings. The van der Waals surface area contributed by atoms with Crippen molar-refractivity contribution >= 4 is 11.5 Å². The van der Waals surface area contributed by atoms with Crippen LogP contribution in [-0.2, 0) is 6.18 Å². The predicted molar refractivity (Wildman–Crippen MR) is 91.5 cm³/mol. The number of aromatic nitrogens is 3. The van der Waals surface area contributed by atoms with Gasteiger partial charge in [-0.25, -0.2) is 4.98 Å². The van der Waals surface area contributed by atoms with Crippen LogP contribution in [0.2, 0.25) is 0 Å². The van der Waals surface area contributed by atoms with E-state index in [0.717, 1.165) is 6.42 Å². The van der Waals surface area contributed by atoms with E-state index in [1.165, 1.54) is 4.52 Å². The van der Waals surface area contributed by atoms with Gasteiger partial charge in [0.25, 0.3) is 0 Å². The molecule has 0 saturated heterocycles. The maximum atomic E-state index is 13.6. The first-order chi connectivity index (χ1) is 11.8. The Morgan fingerprint density at radius 3 is 2.48 bits per heavy atom. The molecule has 1 aromatic carbocycles. The lowest BCUT2D eigenvalue weighted by atomic mass is 10.1. The van der Waals surface area contributed by atoms with Gasteiger partial charge in [-0.05, 0) is 25.8 Å². The number of hydrogen-bond donors (Lipinski definition) is 1. The zero-order valence-electron chi connectivity index (χ0n) is 14.2. The summed E-state index contributed by atoms with van der Waals surface area (Å²) in [5, 5.41) is 7.07. The first kappa shape index (κ1) is 17.3. The van der Waals surface area contributed by atoms with Gasteiger partial charge in [0.15, 0.2) is 11.3 Å². The van der Waals surface area contributed by atoms with Crippen molar-refractivity contribution in [2.45, 2.75) is 39.4 Å². The molecule has 0 spiro atoms. The van der Waals surface area contributed by atoms with Crippen LogP contribution in [0.3, 0.4) is 0 Å². The zero-order valence-corrected chi connectivity index (χ0v) is 14.2. The molecule has 1 N–H and O–H groups in total. The highest BCUT2D eigenvalue weighted by atomic mass is 19.4. The quantitative estimate of drug-likeness (QED) is 0.727.